The van der Waals surface area contributed by atoms with Crippen molar-refractivity contribution in [2.75, 3.05) is 0 Å². The normalized spacial score (nSPS) is 12.0. The van der Waals surface area contributed by atoms with E-state index in [0.717, 1.165) is 41.6 Å². The van der Waals surface area contributed by atoms with Crippen molar-refractivity contribution in [3.05, 3.63) is 118 Å². The van der Waals surface area contributed by atoms with Gasteiger partial charge in [-0.15, -0.1) is 22.7 Å². The predicted octanol–water partition coefficient (Wildman–Crippen LogP) is 8.23. The third-order valence-corrected chi connectivity index (χ3v) is 9.97. The zero-order valence-electron chi connectivity index (χ0n) is 21.8. The maximum absolute atomic E-state index is 13.8. The smallest absolute Gasteiger partial charge is 0.197 e. The SMILES string of the molecule is O=c1c2cc(-c3nc4ccccc4s3)ccc2[nH]c2cc3c(=O)c4cc(-c5nc6ccccc6s5)ccc4[nH]c3cc12. The molecule has 0 spiro atoms. The van der Waals surface area contributed by atoms with Crippen molar-refractivity contribution in [1.29, 1.82) is 0 Å². The first-order chi connectivity index (χ1) is 20.6. The van der Waals surface area contributed by atoms with Crippen LogP contribution in [0.3, 0.4) is 0 Å². The van der Waals surface area contributed by atoms with Crippen molar-refractivity contribution in [3.8, 4) is 21.1 Å². The molecule has 0 aliphatic heterocycles. The minimum Gasteiger partial charge on any atom is -0.354 e. The summed E-state index contributed by atoms with van der Waals surface area (Å²) in [6, 6.07) is 31.2. The molecule has 4 aromatic heterocycles. The van der Waals surface area contributed by atoms with Crippen molar-refractivity contribution >= 4 is 86.7 Å². The Morgan fingerprint density at radius 2 is 0.905 bits per heavy atom. The number of hydrogen-bond donors (Lipinski definition) is 2. The first kappa shape index (κ1) is 23.5. The summed E-state index contributed by atoms with van der Waals surface area (Å²) in [5, 5.41) is 3.97. The topological polar surface area (TPSA) is 91.5 Å². The van der Waals surface area contributed by atoms with Gasteiger partial charge in [0.1, 0.15) is 10.0 Å². The van der Waals surface area contributed by atoms with Gasteiger partial charge in [-0.2, -0.15) is 0 Å². The van der Waals surface area contributed by atoms with Crippen molar-refractivity contribution in [3.63, 3.8) is 0 Å². The van der Waals surface area contributed by atoms with E-state index in [0.29, 0.717) is 43.6 Å². The molecule has 0 aliphatic carbocycles. The molecule has 0 radical (unpaired) electrons. The van der Waals surface area contributed by atoms with E-state index in [1.54, 1.807) is 34.8 Å². The van der Waals surface area contributed by atoms with E-state index in [4.69, 9.17) is 9.97 Å². The molecule has 2 N–H and O–H groups in total. The quantitative estimate of drug-likeness (QED) is 0.202. The number of nitrogens with one attached hydrogen (secondary N) is 2. The zero-order chi connectivity index (χ0) is 27.9. The number of H-pyrrole nitrogens is 2. The molecular weight excluding hydrogens is 561 g/mol. The Hall–Kier alpha value is -5.18. The molecule has 0 atom stereocenters. The Bertz CT molecular complexity index is 2450. The molecule has 0 unspecified atom stereocenters. The van der Waals surface area contributed by atoms with Crippen molar-refractivity contribution in [2.45, 2.75) is 0 Å². The Kier molecular flexibility index (Phi) is 4.85. The molecule has 198 valence electrons. The van der Waals surface area contributed by atoms with Crippen molar-refractivity contribution < 1.29 is 0 Å². The van der Waals surface area contributed by atoms with Crippen LogP contribution in [0.15, 0.2) is 107 Å². The molecule has 42 heavy (non-hydrogen) atoms. The maximum Gasteiger partial charge on any atom is 0.197 e. The van der Waals surface area contributed by atoms with Crippen LogP contribution in [0.1, 0.15) is 0 Å². The van der Waals surface area contributed by atoms with Crippen LogP contribution in [-0.2, 0) is 0 Å². The third-order valence-electron chi connectivity index (χ3n) is 7.80. The second-order valence-corrected chi connectivity index (χ2v) is 12.4. The van der Waals surface area contributed by atoms with Crippen LogP contribution in [0.4, 0.5) is 0 Å². The first-order valence-electron chi connectivity index (χ1n) is 13.4. The lowest BCUT2D eigenvalue weighted by molar-refractivity contribution is 1.44. The summed E-state index contributed by atoms with van der Waals surface area (Å²) in [5.74, 6) is 0. The van der Waals surface area contributed by atoms with Crippen molar-refractivity contribution in [2.24, 2.45) is 0 Å². The Labute approximate surface area is 244 Å². The van der Waals surface area contributed by atoms with Gasteiger partial charge >= 0.3 is 0 Å². The Morgan fingerprint density at radius 1 is 0.476 bits per heavy atom. The zero-order valence-corrected chi connectivity index (χ0v) is 23.4. The Morgan fingerprint density at radius 3 is 1.36 bits per heavy atom. The number of para-hydroxylation sites is 2. The summed E-state index contributed by atoms with van der Waals surface area (Å²) in [6.07, 6.45) is 0. The molecule has 6 nitrogen and oxygen atoms in total. The average Bonchev–Trinajstić information content (AvgIpc) is 3.66. The van der Waals surface area contributed by atoms with Crippen LogP contribution in [0.25, 0.3) is 85.2 Å². The van der Waals surface area contributed by atoms with Gasteiger partial charge in [0.15, 0.2) is 10.9 Å². The van der Waals surface area contributed by atoms with Crippen LogP contribution >= 0.6 is 22.7 Å². The molecule has 9 rings (SSSR count). The van der Waals surface area contributed by atoms with Crippen LogP contribution in [0, 0.1) is 0 Å². The van der Waals surface area contributed by atoms with Gasteiger partial charge in [0, 0.05) is 43.7 Å². The van der Waals surface area contributed by atoms with E-state index in [1.165, 1.54) is 0 Å². The molecule has 5 aromatic carbocycles. The minimum atomic E-state index is -0.0873. The molecule has 8 heteroatoms. The molecule has 0 aliphatic rings. The van der Waals surface area contributed by atoms with Gasteiger partial charge in [-0.1, -0.05) is 24.3 Å². The van der Waals surface area contributed by atoms with Gasteiger partial charge < -0.3 is 9.97 Å². The molecule has 0 bridgehead atoms. The van der Waals surface area contributed by atoms with Crippen LogP contribution < -0.4 is 10.9 Å². The molecular formula is C34H18N4O2S2. The number of aromatic amines is 2. The van der Waals surface area contributed by atoms with Gasteiger partial charge in [0.25, 0.3) is 0 Å². The van der Waals surface area contributed by atoms with E-state index in [2.05, 4.69) is 22.1 Å². The second-order valence-electron chi connectivity index (χ2n) is 10.3. The first-order valence-corrected chi connectivity index (χ1v) is 15.0. The summed E-state index contributed by atoms with van der Waals surface area (Å²) < 4.78 is 2.21. The maximum atomic E-state index is 13.8. The number of rotatable bonds is 2. The lowest BCUT2D eigenvalue weighted by atomic mass is 10.0. The summed E-state index contributed by atoms with van der Waals surface area (Å²) in [7, 11) is 0. The van der Waals surface area contributed by atoms with Crippen LogP contribution in [-0.4, -0.2) is 19.9 Å². The fourth-order valence-electron chi connectivity index (χ4n) is 5.70. The molecule has 0 fully saturated rings. The number of nitrogens with zero attached hydrogens (tertiary/aromatic N) is 2. The highest BCUT2D eigenvalue weighted by molar-refractivity contribution is 7.22. The fourth-order valence-corrected chi connectivity index (χ4v) is 7.63. The van der Waals surface area contributed by atoms with E-state index in [-0.39, 0.29) is 10.9 Å². The summed E-state index contributed by atoms with van der Waals surface area (Å²) in [5.41, 5.74) is 6.19. The monoisotopic (exact) mass is 578 g/mol. The standard InChI is InChI=1S/C34H18N4O2S2/c39-31-19-13-17(33-37-25-5-1-3-7-29(25)41-33)9-11-23(19)35-27-16-22-28(15-21(27)31)36-24-12-10-18(14-20(24)32(22)40)34-38-26-6-2-4-8-30(26)42-34/h1-16H,(H,35,39)(H,36,40). The largest absolute Gasteiger partial charge is 0.354 e. The molecule has 0 amide bonds. The third kappa shape index (κ3) is 3.49. The molecule has 0 saturated carbocycles. The highest BCUT2D eigenvalue weighted by Gasteiger charge is 2.14. The van der Waals surface area contributed by atoms with E-state index < -0.39 is 0 Å². The molecule has 4 heterocycles. The van der Waals surface area contributed by atoms with Gasteiger partial charge in [0.05, 0.1) is 31.5 Å². The summed E-state index contributed by atoms with van der Waals surface area (Å²) >= 11 is 3.21. The van der Waals surface area contributed by atoms with Gasteiger partial charge in [0.2, 0.25) is 0 Å². The molecule has 9 aromatic rings. The van der Waals surface area contributed by atoms with Crippen LogP contribution in [0.2, 0.25) is 0 Å². The van der Waals surface area contributed by atoms with Gasteiger partial charge in [-0.05, 0) is 72.8 Å². The Balaban J connectivity index is 1.22. The van der Waals surface area contributed by atoms with Gasteiger partial charge in [-0.25, -0.2) is 9.97 Å². The highest BCUT2D eigenvalue weighted by Crippen LogP contribution is 2.33. The van der Waals surface area contributed by atoms with E-state index in [9.17, 15) is 9.59 Å². The minimum absolute atomic E-state index is 0.0873. The highest BCUT2D eigenvalue weighted by atomic mass is 32.1. The number of hydrogen-bond acceptors (Lipinski definition) is 6. The number of fused-ring (bicyclic) bond motifs is 6. The number of aromatic nitrogens is 4. The lowest BCUT2D eigenvalue weighted by Crippen LogP contribution is -2.08. The lowest BCUT2D eigenvalue weighted by Gasteiger charge is -2.08. The van der Waals surface area contributed by atoms with Gasteiger partial charge in [-0.3, -0.25) is 9.59 Å². The number of benzene rings is 5. The predicted molar refractivity (Wildman–Crippen MR) is 175 cm³/mol. The molecule has 0 saturated heterocycles. The number of thiazole rings is 2. The van der Waals surface area contributed by atoms with Crippen LogP contribution in [0.5, 0.6) is 0 Å². The average molecular weight is 579 g/mol. The number of pyridine rings is 2. The summed E-state index contributed by atoms with van der Waals surface area (Å²) in [6.45, 7) is 0. The van der Waals surface area contributed by atoms with E-state index >= 15 is 0 Å². The fraction of sp³-hybridized carbons (Fsp3) is 0. The van der Waals surface area contributed by atoms with Crippen molar-refractivity contribution in [1.82, 2.24) is 19.9 Å². The summed E-state index contributed by atoms with van der Waals surface area (Å²) in [4.78, 5) is 43.9. The second kappa shape index (κ2) is 8.66. The van der Waals surface area contributed by atoms with E-state index in [1.807, 2.05) is 72.8 Å².